The summed E-state index contributed by atoms with van der Waals surface area (Å²) in [6, 6.07) is 16.0. The fraction of sp³-hybridized carbons (Fsp3) is 0.227. The molecule has 156 valence electrons. The molecule has 0 unspecified atom stereocenters. The zero-order valence-corrected chi connectivity index (χ0v) is 18.1. The minimum absolute atomic E-state index is 0.0195. The summed E-state index contributed by atoms with van der Waals surface area (Å²) in [7, 11) is -2.30. The summed E-state index contributed by atoms with van der Waals surface area (Å²) in [5.41, 5.74) is 1.85. The average molecular weight is 443 g/mol. The second-order valence-corrected chi connectivity index (χ2v) is 9.81. The van der Waals surface area contributed by atoms with Gasteiger partial charge in [0.15, 0.2) is 0 Å². The van der Waals surface area contributed by atoms with E-state index in [1.165, 1.54) is 23.5 Å². The van der Waals surface area contributed by atoms with Crippen LogP contribution >= 0.6 is 11.3 Å². The van der Waals surface area contributed by atoms with Crippen LogP contribution in [-0.4, -0.2) is 38.8 Å². The van der Waals surface area contributed by atoms with Gasteiger partial charge in [-0.05, 0) is 48.6 Å². The lowest BCUT2D eigenvalue weighted by Gasteiger charge is -2.18. The van der Waals surface area contributed by atoms with Gasteiger partial charge in [-0.25, -0.2) is 8.42 Å². The predicted molar refractivity (Wildman–Crippen MR) is 119 cm³/mol. The first-order valence-corrected chi connectivity index (χ1v) is 11.9. The van der Waals surface area contributed by atoms with Crippen LogP contribution in [0.2, 0.25) is 0 Å². The molecule has 30 heavy (non-hydrogen) atoms. The van der Waals surface area contributed by atoms with E-state index in [1.54, 1.807) is 17.4 Å². The van der Waals surface area contributed by atoms with Crippen molar-refractivity contribution in [1.82, 2.24) is 4.31 Å². The molecule has 1 fully saturated rings. The molecule has 3 aromatic rings. The van der Waals surface area contributed by atoms with Crippen molar-refractivity contribution < 1.29 is 17.9 Å². The van der Waals surface area contributed by atoms with Crippen LogP contribution in [0.1, 0.15) is 23.2 Å². The monoisotopic (exact) mass is 442 g/mol. The van der Waals surface area contributed by atoms with Crippen molar-refractivity contribution in [1.29, 1.82) is 0 Å². The normalized spacial score (nSPS) is 14.6. The fourth-order valence-electron chi connectivity index (χ4n) is 3.52. The number of para-hydroxylation sites is 1. The van der Waals surface area contributed by atoms with Gasteiger partial charge in [0.1, 0.15) is 10.6 Å². The van der Waals surface area contributed by atoms with Crippen molar-refractivity contribution in [3.05, 3.63) is 65.5 Å². The molecule has 0 saturated carbocycles. The number of nitrogens with one attached hydrogen (secondary N) is 1. The third-order valence-corrected chi connectivity index (χ3v) is 7.89. The van der Waals surface area contributed by atoms with Crippen LogP contribution in [0.15, 0.2) is 64.9 Å². The molecule has 1 aliphatic heterocycles. The summed E-state index contributed by atoms with van der Waals surface area (Å²) in [5.74, 6) is -0.142. The van der Waals surface area contributed by atoms with Gasteiger partial charge in [-0.1, -0.05) is 24.3 Å². The second-order valence-electron chi connectivity index (χ2n) is 6.95. The molecule has 0 bridgehead atoms. The number of anilines is 1. The molecule has 6 nitrogen and oxygen atoms in total. The maximum absolute atomic E-state index is 13.1. The van der Waals surface area contributed by atoms with Gasteiger partial charge in [-0.15, -0.1) is 11.3 Å². The zero-order valence-electron chi connectivity index (χ0n) is 16.5. The molecule has 8 heteroatoms. The van der Waals surface area contributed by atoms with Crippen molar-refractivity contribution in [3.8, 4) is 16.2 Å². The Labute approximate surface area is 180 Å². The van der Waals surface area contributed by atoms with Gasteiger partial charge in [0.2, 0.25) is 10.0 Å². The maximum atomic E-state index is 13.1. The van der Waals surface area contributed by atoms with Gasteiger partial charge in [0.25, 0.3) is 5.91 Å². The van der Waals surface area contributed by atoms with Crippen molar-refractivity contribution in [3.63, 3.8) is 0 Å². The van der Waals surface area contributed by atoms with E-state index in [9.17, 15) is 13.2 Å². The summed E-state index contributed by atoms with van der Waals surface area (Å²) < 4.78 is 32.9. The van der Waals surface area contributed by atoms with E-state index < -0.39 is 10.0 Å². The molecule has 1 aliphatic rings. The van der Waals surface area contributed by atoms with Gasteiger partial charge in [0, 0.05) is 34.8 Å². The Morgan fingerprint density at radius 1 is 1.07 bits per heavy atom. The Morgan fingerprint density at radius 3 is 2.53 bits per heavy atom. The highest BCUT2D eigenvalue weighted by atomic mass is 32.2. The van der Waals surface area contributed by atoms with Gasteiger partial charge in [-0.3, -0.25) is 4.79 Å². The standard InChI is InChI=1S/C22H22N2O4S2/c1-28-19-11-10-16(15-21(19)30(26,27)24-12-4-5-13-24)22(25)23-18-8-3-2-7-17(18)20-9-6-14-29-20/h2-3,6-11,14-15H,4-5,12-13H2,1H3,(H,23,25). The van der Waals surface area contributed by atoms with Crippen molar-refractivity contribution >= 4 is 33.0 Å². The number of carbonyl (C=O) groups is 1. The van der Waals surface area contributed by atoms with Gasteiger partial charge in [-0.2, -0.15) is 4.31 Å². The summed E-state index contributed by atoms with van der Waals surface area (Å²) in [4.78, 5) is 14.0. The molecule has 1 aromatic heterocycles. The van der Waals surface area contributed by atoms with E-state index in [2.05, 4.69) is 5.32 Å². The Kier molecular flexibility index (Phi) is 5.90. The highest BCUT2D eigenvalue weighted by molar-refractivity contribution is 7.89. The third kappa shape index (κ3) is 3.98. The first-order chi connectivity index (χ1) is 14.5. The number of carbonyl (C=O) groups excluding carboxylic acids is 1. The molecule has 1 N–H and O–H groups in total. The number of nitrogens with zero attached hydrogens (tertiary/aromatic N) is 1. The van der Waals surface area contributed by atoms with Crippen LogP contribution in [0.3, 0.4) is 0 Å². The first-order valence-electron chi connectivity index (χ1n) is 9.63. The number of rotatable bonds is 6. The van der Waals surface area contributed by atoms with E-state index in [0.29, 0.717) is 18.8 Å². The number of thiophene rings is 1. The molecule has 2 aromatic carbocycles. The minimum Gasteiger partial charge on any atom is -0.495 e. The largest absolute Gasteiger partial charge is 0.495 e. The quantitative estimate of drug-likeness (QED) is 0.612. The van der Waals surface area contributed by atoms with Crippen LogP contribution < -0.4 is 10.1 Å². The SMILES string of the molecule is COc1ccc(C(=O)Nc2ccccc2-c2cccs2)cc1S(=O)(=O)N1CCCC1. The summed E-state index contributed by atoms with van der Waals surface area (Å²) in [6.07, 6.45) is 1.67. The lowest BCUT2D eigenvalue weighted by Crippen LogP contribution is -2.28. The molecule has 0 aliphatic carbocycles. The molecular formula is C22H22N2O4S2. The molecule has 1 amide bonds. The molecule has 0 atom stereocenters. The predicted octanol–water partition coefficient (Wildman–Crippen LogP) is 4.46. The molecule has 4 rings (SSSR count). The molecule has 1 saturated heterocycles. The zero-order chi connectivity index (χ0) is 21.1. The Balaban J connectivity index is 1.66. The summed E-state index contributed by atoms with van der Waals surface area (Å²) >= 11 is 1.59. The molecule has 0 spiro atoms. The van der Waals surface area contributed by atoms with Crippen LogP contribution in [0.5, 0.6) is 5.75 Å². The first kappa shape index (κ1) is 20.6. The number of methoxy groups -OCH3 is 1. The van der Waals surface area contributed by atoms with Gasteiger partial charge in [0.05, 0.1) is 7.11 Å². The van der Waals surface area contributed by atoms with Crippen molar-refractivity contribution in [2.24, 2.45) is 0 Å². The van der Waals surface area contributed by atoms with Crippen molar-refractivity contribution in [2.75, 3.05) is 25.5 Å². The number of sulfonamides is 1. The second kappa shape index (κ2) is 8.59. The molecular weight excluding hydrogens is 420 g/mol. The van der Waals surface area contributed by atoms with Crippen LogP contribution in [-0.2, 0) is 10.0 Å². The average Bonchev–Trinajstić information content (AvgIpc) is 3.48. The Hall–Kier alpha value is -2.68. The van der Waals surface area contributed by atoms with Crippen LogP contribution in [0, 0.1) is 0 Å². The smallest absolute Gasteiger partial charge is 0.255 e. The number of ether oxygens (including phenoxy) is 1. The lowest BCUT2D eigenvalue weighted by atomic mass is 10.1. The Morgan fingerprint density at radius 2 is 1.83 bits per heavy atom. The number of benzene rings is 2. The topological polar surface area (TPSA) is 75.7 Å². The van der Waals surface area contributed by atoms with Crippen molar-refractivity contribution in [2.45, 2.75) is 17.7 Å². The number of amides is 1. The van der Waals surface area contributed by atoms with E-state index in [1.807, 2.05) is 41.8 Å². The van der Waals surface area contributed by atoms with E-state index in [4.69, 9.17) is 4.74 Å². The Bertz CT molecular complexity index is 1150. The third-order valence-electron chi connectivity index (χ3n) is 5.07. The van der Waals surface area contributed by atoms with Gasteiger partial charge < -0.3 is 10.1 Å². The van der Waals surface area contributed by atoms with E-state index >= 15 is 0 Å². The molecule has 0 radical (unpaired) electrons. The molecule has 2 heterocycles. The summed E-state index contributed by atoms with van der Waals surface area (Å²) in [5, 5.41) is 4.90. The van der Waals surface area contributed by atoms with Crippen LogP contribution in [0.4, 0.5) is 5.69 Å². The number of hydrogen-bond donors (Lipinski definition) is 1. The highest BCUT2D eigenvalue weighted by Crippen LogP contribution is 2.33. The maximum Gasteiger partial charge on any atom is 0.255 e. The lowest BCUT2D eigenvalue weighted by molar-refractivity contribution is 0.102. The highest BCUT2D eigenvalue weighted by Gasteiger charge is 2.30. The van der Waals surface area contributed by atoms with Crippen LogP contribution in [0.25, 0.3) is 10.4 Å². The van der Waals surface area contributed by atoms with Gasteiger partial charge >= 0.3 is 0 Å². The summed E-state index contributed by atoms with van der Waals surface area (Å²) in [6.45, 7) is 0.964. The van der Waals surface area contributed by atoms with E-state index in [-0.39, 0.29) is 22.1 Å². The number of hydrogen-bond acceptors (Lipinski definition) is 5. The van der Waals surface area contributed by atoms with E-state index in [0.717, 1.165) is 23.3 Å². The fourth-order valence-corrected chi connectivity index (χ4v) is 5.98. The minimum atomic E-state index is -3.72.